The number of hydrogen-bond donors (Lipinski definition) is 1. The number of urea groups is 1. The summed E-state index contributed by atoms with van der Waals surface area (Å²) in [5.41, 5.74) is 2.59. The van der Waals surface area contributed by atoms with Crippen LogP contribution in [0.5, 0.6) is 0 Å². The summed E-state index contributed by atoms with van der Waals surface area (Å²) >= 11 is 0. The van der Waals surface area contributed by atoms with Gasteiger partial charge in [0.1, 0.15) is 17.8 Å². The monoisotopic (exact) mass is 474 g/mol. The van der Waals surface area contributed by atoms with Gasteiger partial charge in [-0.1, -0.05) is 6.07 Å². The third kappa shape index (κ3) is 4.31. The normalized spacial score (nSPS) is 18.1. The predicted molar refractivity (Wildman–Crippen MR) is 135 cm³/mol. The smallest absolute Gasteiger partial charge is 0.330 e. The van der Waals surface area contributed by atoms with Gasteiger partial charge in [-0.05, 0) is 56.7 Å². The minimum Gasteiger partial charge on any atom is -0.371 e. The number of carbonyl (C=O) groups excluding carboxylic acids is 2. The van der Waals surface area contributed by atoms with Crippen molar-refractivity contribution in [3.63, 3.8) is 0 Å². The highest BCUT2D eigenvalue weighted by molar-refractivity contribution is 6.05. The molecule has 1 atom stereocenters. The van der Waals surface area contributed by atoms with Crippen molar-refractivity contribution in [1.29, 1.82) is 0 Å². The largest absolute Gasteiger partial charge is 0.371 e. The molecule has 10 heteroatoms. The Kier molecular flexibility index (Phi) is 6.10. The van der Waals surface area contributed by atoms with Crippen molar-refractivity contribution in [2.45, 2.75) is 26.3 Å². The first-order valence-corrected chi connectivity index (χ1v) is 12.0. The maximum Gasteiger partial charge on any atom is 0.330 e. The number of hydrogen-bond acceptors (Lipinski definition) is 6. The molecule has 5 rings (SSSR count). The van der Waals surface area contributed by atoms with Crippen molar-refractivity contribution < 1.29 is 9.59 Å². The number of carbonyl (C=O) groups is 2. The van der Waals surface area contributed by atoms with E-state index in [1.54, 1.807) is 23.2 Å². The standard InChI is InChI=1S/C25H30N8O2/c1-17(2)33-16-27-29-23(33)21-5-4-6-22(28-21)32-14-13-31(25(32)35)20-9-7-19(8-10-20)30-12-11-18(15-30)24(34)26-3/h4-10,16-18H,11-15H2,1-3H3,(H,26,34)/t18-/m0/s1. The molecule has 0 spiro atoms. The molecule has 1 aromatic carbocycles. The van der Waals surface area contributed by atoms with Gasteiger partial charge in [0, 0.05) is 50.6 Å². The van der Waals surface area contributed by atoms with Crippen LogP contribution in [0.4, 0.5) is 22.0 Å². The SMILES string of the molecule is CNC(=O)[C@H]1CCN(c2ccc(N3CCN(c4cccc(-c5nncn5C(C)C)n4)C3=O)cc2)C1. The molecule has 2 fully saturated rings. The van der Waals surface area contributed by atoms with Crippen LogP contribution in [0.3, 0.4) is 0 Å². The van der Waals surface area contributed by atoms with Gasteiger partial charge in [0.15, 0.2) is 5.82 Å². The van der Waals surface area contributed by atoms with Gasteiger partial charge in [-0.2, -0.15) is 0 Å². The van der Waals surface area contributed by atoms with Crippen LogP contribution in [0.1, 0.15) is 26.3 Å². The molecule has 35 heavy (non-hydrogen) atoms. The molecule has 0 radical (unpaired) electrons. The average Bonchev–Trinajstić information content (AvgIpc) is 3.63. The molecule has 2 saturated heterocycles. The Balaban J connectivity index is 1.30. The quantitative estimate of drug-likeness (QED) is 0.590. The fourth-order valence-electron chi connectivity index (χ4n) is 4.75. The molecule has 0 bridgehead atoms. The fourth-order valence-corrected chi connectivity index (χ4v) is 4.75. The molecular formula is C25H30N8O2. The van der Waals surface area contributed by atoms with Crippen LogP contribution in [-0.4, -0.2) is 64.9 Å². The zero-order valence-corrected chi connectivity index (χ0v) is 20.3. The summed E-state index contributed by atoms with van der Waals surface area (Å²) in [5.74, 6) is 1.39. The molecule has 0 saturated carbocycles. The Morgan fingerprint density at radius 1 is 1.03 bits per heavy atom. The predicted octanol–water partition coefficient (Wildman–Crippen LogP) is 2.94. The minimum atomic E-state index is -0.103. The lowest BCUT2D eigenvalue weighted by Gasteiger charge is -2.21. The summed E-state index contributed by atoms with van der Waals surface area (Å²) in [6, 6.07) is 13.7. The van der Waals surface area contributed by atoms with Gasteiger partial charge in [0.2, 0.25) is 5.91 Å². The van der Waals surface area contributed by atoms with Crippen molar-refractivity contribution in [2.24, 2.45) is 5.92 Å². The van der Waals surface area contributed by atoms with Crippen LogP contribution in [-0.2, 0) is 4.79 Å². The number of nitrogens with one attached hydrogen (secondary N) is 1. The Labute approximate surface area is 204 Å². The zero-order valence-electron chi connectivity index (χ0n) is 20.3. The van der Waals surface area contributed by atoms with E-state index < -0.39 is 0 Å². The van der Waals surface area contributed by atoms with E-state index in [2.05, 4.69) is 34.3 Å². The van der Waals surface area contributed by atoms with Gasteiger partial charge in [-0.3, -0.25) is 14.6 Å². The summed E-state index contributed by atoms with van der Waals surface area (Å²) in [5, 5.41) is 11.0. The van der Waals surface area contributed by atoms with Gasteiger partial charge in [-0.25, -0.2) is 9.78 Å². The molecule has 2 aliphatic rings. The lowest BCUT2D eigenvalue weighted by atomic mass is 10.1. The van der Waals surface area contributed by atoms with E-state index in [0.29, 0.717) is 37.0 Å². The number of anilines is 3. The molecule has 1 N–H and O–H groups in total. The minimum absolute atomic E-state index is 0.0195. The van der Waals surface area contributed by atoms with Crippen molar-refractivity contribution in [3.05, 3.63) is 48.8 Å². The van der Waals surface area contributed by atoms with E-state index in [-0.39, 0.29) is 23.9 Å². The summed E-state index contributed by atoms with van der Waals surface area (Å²) in [6.07, 6.45) is 2.54. The summed E-state index contributed by atoms with van der Waals surface area (Å²) in [4.78, 5) is 35.6. The first-order chi connectivity index (χ1) is 17.0. The number of aromatic nitrogens is 4. The van der Waals surface area contributed by atoms with E-state index in [9.17, 15) is 9.59 Å². The molecule has 0 aliphatic carbocycles. The maximum absolute atomic E-state index is 13.3. The first-order valence-electron chi connectivity index (χ1n) is 12.0. The second-order valence-electron chi connectivity index (χ2n) is 9.18. The third-order valence-electron chi connectivity index (χ3n) is 6.71. The van der Waals surface area contributed by atoms with Gasteiger partial charge < -0.3 is 14.8 Å². The Morgan fingerprint density at radius 3 is 2.51 bits per heavy atom. The maximum atomic E-state index is 13.3. The van der Waals surface area contributed by atoms with Crippen molar-refractivity contribution in [1.82, 2.24) is 25.1 Å². The lowest BCUT2D eigenvalue weighted by Crippen LogP contribution is -2.32. The van der Waals surface area contributed by atoms with Crippen molar-refractivity contribution in [2.75, 3.05) is 47.9 Å². The summed E-state index contributed by atoms with van der Waals surface area (Å²) < 4.78 is 1.96. The Hall–Kier alpha value is -3.95. The second-order valence-corrected chi connectivity index (χ2v) is 9.18. The average molecular weight is 475 g/mol. The van der Waals surface area contributed by atoms with Crippen LogP contribution in [0.25, 0.3) is 11.5 Å². The number of amides is 3. The van der Waals surface area contributed by atoms with Crippen LogP contribution < -0.4 is 20.0 Å². The van der Waals surface area contributed by atoms with E-state index in [4.69, 9.17) is 4.98 Å². The van der Waals surface area contributed by atoms with Crippen LogP contribution in [0, 0.1) is 5.92 Å². The molecule has 0 unspecified atom stereocenters. The van der Waals surface area contributed by atoms with Crippen LogP contribution in [0.15, 0.2) is 48.8 Å². The molecule has 3 aromatic rings. The molecule has 4 heterocycles. The molecule has 2 aromatic heterocycles. The Morgan fingerprint density at radius 2 is 1.77 bits per heavy atom. The first kappa shape index (κ1) is 22.8. The number of nitrogens with zero attached hydrogens (tertiary/aromatic N) is 7. The molecule has 2 aliphatic heterocycles. The van der Waals surface area contributed by atoms with E-state index >= 15 is 0 Å². The molecular weight excluding hydrogens is 444 g/mol. The van der Waals surface area contributed by atoms with Crippen LogP contribution in [0.2, 0.25) is 0 Å². The highest BCUT2D eigenvalue weighted by Crippen LogP contribution is 2.29. The van der Waals surface area contributed by atoms with Gasteiger partial charge in [0.25, 0.3) is 0 Å². The van der Waals surface area contributed by atoms with Gasteiger partial charge >= 0.3 is 6.03 Å². The summed E-state index contributed by atoms with van der Waals surface area (Å²) in [7, 11) is 1.68. The van der Waals surface area contributed by atoms with E-state index in [1.165, 1.54) is 0 Å². The second kappa shape index (κ2) is 9.36. The number of rotatable bonds is 6. The summed E-state index contributed by atoms with van der Waals surface area (Å²) in [6.45, 7) is 6.81. The highest BCUT2D eigenvalue weighted by atomic mass is 16.2. The van der Waals surface area contributed by atoms with Crippen LogP contribution >= 0.6 is 0 Å². The topological polar surface area (TPSA) is 99.5 Å². The number of pyridine rings is 1. The van der Waals surface area contributed by atoms with Gasteiger partial charge in [0.05, 0.1) is 5.92 Å². The molecule has 3 amide bonds. The zero-order chi connectivity index (χ0) is 24.5. The van der Waals surface area contributed by atoms with E-state index in [1.807, 2.05) is 47.0 Å². The van der Waals surface area contributed by atoms with Crippen molar-refractivity contribution >= 4 is 29.1 Å². The fraction of sp³-hybridized carbons (Fsp3) is 0.400. The van der Waals surface area contributed by atoms with Crippen molar-refractivity contribution in [3.8, 4) is 11.5 Å². The molecule has 182 valence electrons. The number of benzene rings is 1. The molecule has 10 nitrogen and oxygen atoms in total. The third-order valence-corrected chi connectivity index (χ3v) is 6.71. The van der Waals surface area contributed by atoms with E-state index in [0.717, 1.165) is 24.3 Å². The van der Waals surface area contributed by atoms with Gasteiger partial charge in [-0.15, -0.1) is 10.2 Å². The Bertz CT molecular complexity index is 1220. The lowest BCUT2D eigenvalue weighted by molar-refractivity contribution is -0.123. The highest BCUT2D eigenvalue weighted by Gasteiger charge is 2.32.